The number of likely N-dealkylation sites (tertiary alicyclic amines) is 1. The Morgan fingerprint density at radius 3 is 2.44 bits per heavy atom. The van der Waals surface area contributed by atoms with E-state index in [1.165, 1.54) is 18.4 Å². The predicted octanol–water partition coefficient (Wildman–Crippen LogP) is 3.34. The zero-order chi connectivity index (χ0) is 17.5. The molecule has 2 N–H and O–H groups in total. The van der Waals surface area contributed by atoms with Gasteiger partial charge in [-0.05, 0) is 49.5 Å². The Kier molecular flexibility index (Phi) is 6.07. The van der Waals surface area contributed by atoms with Gasteiger partial charge in [0.2, 0.25) is 0 Å². The molecule has 0 radical (unpaired) electrons. The first-order valence-corrected chi connectivity index (χ1v) is 9.10. The zero-order valence-electron chi connectivity index (χ0n) is 14.9. The molecule has 1 saturated heterocycles. The van der Waals surface area contributed by atoms with Crippen molar-refractivity contribution < 1.29 is 4.79 Å². The Bertz CT molecular complexity index is 679. The van der Waals surface area contributed by atoms with Crippen LogP contribution < -0.4 is 10.6 Å². The van der Waals surface area contributed by atoms with Gasteiger partial charge in [0, 0.05) is 25.8 Å². The Balaban J connectivity index is 1.46. The van der Waals surface area contributed by atoms with Crippen molar-refractivity contribution in [2.45, 2.75) is 18.8 Å². The predicted molar refractivity (Wildman–Crippen MR) is 103 cm³/mol. The molecule has 0 saturated carbocycles. The van der Waals surface area contributed by atoms with Crippen LogP contribution in [0.5, 0.6) is 0 Å². The molecular formula is C21H27N3O. The van der Waals surface area contributed by atoms with E-state index in [1.807, 2.05) is 24.3 Å². The number of rotatable bonds is 6. The summed E-state index contributed by atoms with van der Waals surface area (Å²) in [6.45, 7) is 4.13. The zero-order valence-corrected chi connectivity index (χ0v) is 14.9. The van der Waals surface area contributed by atoms with Gasteiger partial charge in [-0.25, -0.2) is 0 Å². The molecule has 4 nitrogen and oxygen atoms in total. The second kappa shape index (κ2) is 8.67. The summed E-state index contributed by atoms with van der Waals surface area (Å²) >= 11 is 0. The highest BCUT2D eigenvalue weighted by Crippen LogP contribution is 2.27. The van der Waals surface area contributed by atoms with Gasteiger partial charge < -0.3 is 15.5 Å². The van der Waals surface area contributed by atoms with E-state index >= 15 is 0 Å². The van der Waals surface area contributed by atoms with Crippen molar-refractivity contribution in [3.8, 4) is 0 Å². The molecule has 0 aliphatic carbocycles. The third-order valence-corrected chi connectivity index (χ3v) is 5.00. The quantitative estimate of drug-likeness (QED) is 0.850. The van der Waals surface area contributed by atoms with E-state index in [9.17, 15) is 4.79 Å². The fourth-order valence-corrected chi connectivity index (χ4v) is 3.53. The summed E-state index contributed by atoms with van der Waals surface area (Å²) in [5, 5.41) is 6.11. The minimum absolute atomic E-state index is 0.0493. The van der Waals surface area contributed by atoms with E-state index in [2.05, 4.69) is 45.9 Å². The maximum atomic E-state index is 11.9. The summed E-state index contributed by atoms with van der Waals surface area (Å²) in [6.07, 6.45) is 2.44. The molecule has 0 unspecified atom stereocenters. The summed E-state index contributed by atoms with van der Waals surface area (Å²) < 4.78 is 0. The number of piperidine rings is 1. The molecule has 0 atom stereocenters. The third kappa shape index (κ3) is 4.60. The van der Waals surface area contributed by atoms with Gasteiger partial charge in [-0.3, -0.25) is 4.79 Å². The van der Waals surface area contributed by atoms with Crippen molar-refractivity contribution in [2.24, 2.45) is 0 Å². The number of nitrogens with one attached hydrogen (secondary N) is 2. The number of carbonyl (C=O) groups excluding carboxylic acids is 1. The Labute approximate surface area is 150 Å². The number of benzene rings is 2. The lowest BCUT2D eigenvalue weighted by atomic mass is 9.89. The van der Waals surface area contributed by atoms with Gasteiger partial charge in [-0.2, -0.15) is 0 Å². The van der Waals surface area contributed by atoms with Crippen LogP contribution in [0.4, 0.5) is 5.69 Å². The molecule has 1 amide bonds. The molecule has 0 aromatic heterocycles. The van der Waals surface area contributed by atoms with Crippen LogP contribution in [0.25, 0.3) is 0 Å². The van der Waals surface area contributed by atoms with Crippen molar-refractivity contribution in [1.29, 1.82) is 0 Å². The summed E-state index contributed by atoms with van der Waals surface area (Å²) in [4.78, 5) is 14.4. The molecule has 1 heterocycles. The van der Waals surface area contributed by atoms with Crippen molar-refractivity contribution in [3.63, 3.8) is 0 Å². The smallest absolute Gasteiger partial charge is 0.253 e. The second-order valence-corrected chi connectivity index (χ2v) is 6.58. The Morgan fingerprint density at radius 2 is 1.72 bits per heavy atom. The maximum absolute atomic E-state index is 11.9. The molecular weight excluding hydrogens is 310 g/mol. The van der Waals surface area contributed by atoms with Crippen LogP contribution in [0.15, 0.2) is 54.6 Å². The Morgan fingerprint density at radius 1 is 1.04 bits per heavy atom. The van der Waals surface area contributed by atoms with E-state index in [-0.39, 0.29) is 5.91 Å². The molecule has 0 bridgehead atoms. The normalized spacial score (nSPS) is 15.7. The standard InChI is InChI=1S/C21H27N3O/c1-22-21(25)19-9-5-6-10-20(19)23-13-16-24-14-11-18(12-15-24)17-7-3-2-4-8-17/h2-10,18,23H,11-16H2,1H3,(H,22,25). The summed E-state index contributed by atoms with van der Waals surface area (Å²) in [6, 6.07) is 18.5. The molecule has 132 valence electrons. The molecule has 0 spiro atoms. The van der Waals surface area contributed by atoms with E-state index in [0.29, 0.717) is 11.5 Å². The highest BCUT2D eigenvalue weighted by Gasteiger charge is 2.20. The van der Waals surface area contributed by atoms with Crippen molar-refractivity contribution in [3.05, 3.63) is 65.7 Å². The first kappa shape index (κ1) is 17.5. The fraction of sp³-hybridized carbons (Fsp3) is 0.381. The van der Waals surface area contributed by atoms with Gasteiger partial charge in [-0.15, -0.1) is 0 Å². The Hall–Kier alpha value is -2.33. The van der Waals surface area contributed by atoms with Gasteiger partial charge >= 0.3 is 0 Å². The SMILES string of the molecule is CNC(=O)c1ccccc1NCCN1CCC(c2ccccc2)CC1. The van der Waals surface area contributed by atoms with Gasteiger partial charge in [0.25, 0.3) is 5.91 Å². The van der Waals surface area contributed by atoms with Crippen LogP contribution in [0.3, 0.4) is 0 Å². The maximum Gasteiger partial charge on any atom is 0.253 e. The molecule has 1 fully saturated rings. The average molecular weight is 337 g/mol. The van der Waals surface area contributed by atoms with Crippen LogP contribution >= 0.6 is 0 Å². The number of carbonyl (C=O) groups is 1. The van der Waals surface area contributed by atoms with Crippen LogP contribution in [0.1, 0.15) is 34.7 Å². The lowest BCUT2D eigenvalue weighted by Crippen LogP contribution is -2.36. The number of anilines is 1. The summed E-state index contributed by atoms with van der Waals surface area (Å²) in [5.41, 5.74) is 3.08. The van der Waals surface area contributed by atoms with E-state index < -0.39 is 0 Å². The second-order valence-electron chi connectivity index (χ2n) is 6.58. The number of hydrogen-bond acceptors (Lipinski definition) is 3. The number of para-hydroxylation sites is 1. The minimum Gasteiger partial charge on any atom is -0.383 e. The topological polar surface area (TPSA) is 44.4 Å². The van der Waals surface area contributed by atoms with Crippen molar-refractivity contribution in [1.82, 2.24) is 10.2 Å². The molecule has 1 aliphatic heterocycles. The van der Waals surface area contributed by atoms with Crippen LogP contribution in [-0.2, 0) is 0 Å². The van der Waals surface area contributed by atoms with Crippen LogP contribution in [-0.4, -0.2) is 44.0 Å². The van der Waals surface area contributed by atoms with E-state index in [4.69, 9.17) is 0 Å². The van der Waals surface area contributed by atoms with Crippen LogP contribution in [0.2, 0.25) is 0 Å². The average Bonchev–Trinajstić information content (AvgIpc) is 2.69. The monoisotopic (exact) mass is 337 g/mol. The highest BCUT2D eigenvalue weighted by atomic mass is 16.1. The molecule has 3 rings (SSSR count). The number of amides is 1. The highest BCUT2D eigenvalue weighted by molar-refractivity contribution is 5.99. The van der Waals surface area contributed by atoms with Gasteiger partial charge in [-0.1, -0.05) is 42.5 Å². The third-order valence-electron chi connectivity index (χ3n) is 5.00. The molecule has 4 heteroatoms. The lowest BCUT2D eigenvalue weighted by molar-refractivity contribution is 0.0964. The summed E-state index contributed by atoms with van der Waals surface area (Å²) in [7, 11) is 1.66. The lowest BCUT2D eigenvalue weighted by Gasteiger charge is -2.32. The number of nitrogens with zero attached hydrogens (tertiary/aromatic N) is 1. The van der Waals surface area contributed by atoms with E-state index in [1.54, 1.807) is 7.05 Å². The first-order chi connectivity index (χ1) is 12.3. The largest absolute Gasteiger partial charge is 0.383 e. The molecule has 1 aliphatic rings. The van der Waals surface area contributed by atoms with Crippen molar-refractivity contribution >= 4 is 11.6 Å². The first-order valence-electron chi connectivity index (χ1n) is 9.10. The fourth-order valence-electron chi connectivity index (χ4n) is 3.53. The van der Waals surface area contributed by atoms with Gasteiger partial charge in [0.1, 0.15) is 0 Å². The van der Waals surface area contributed by atoms with Gasteiger partial charge in [0.15, 0.2) is 0 Å². The van der Waals surface area contributed by atoms with Crippen LogP contribution in [0, 0.1) is 0 Å². The summed E-state index contributed by atoms with van der Waals surface area (Å²) in [5.74, 6) is 0.645. The molecule has 2 aromatic carbocycles. The molecule has 25 heavy (non-hydrogen) atoms. The molecule has 2 aromatic rings. The van der Waals surface area contributed by atoms with Gasteiger partial charge in [0.05, 0.1) is 5.56 Å². The number of hydrogen-bond donors (Lipinski definition) is 2. The minimum atomic E-state index is -0.0493. The van der Waals surface area contributed by atoms with E-state index in [0.717, 1.165) is 31.9 Å². The van der Waals surface area contributed by atoms with Crippen molar-refractivity contribution in [2.75, 3.05) is 38.5 Å².